The van der Waals surface area contributed by atoms with Crippen molar-refractivity contribution in [1.29, 1.82) is 0 Å². The molecule has 102 valence electrons. The van der Waals surface area contributed by atoms with Crippen LogP contribution in [0, 0.1) is 0 Å². The first-order valence-electron chi connectivity index (χ1n) is 5.93. The number of nitrogens with zero attached hydrogens (tertiary/aromatic N) is 2. The maximum atomic E-state index is 12.5. The number of aromatic nitrogens is 2. The molecule has 0 spiro atoms. The van der Waals surface area contributed by atoms with Gasteiger partial charge in [0.2, 0.25) is 0 Å². The zero-order valence-electron chi connectivity index (χ0n) is 10.2. The molecule has 0 bridgehead atoms. The molecule has 2 rings (SSSR count). The van der Waals surface area contributed by atoms with Crippen molar-refractivity contribution in [2.24, 2.45) is 5.73 Å². The Kier molecular flexibility index (Phi) is 3.90. The summed E-state index contributed by atoms with van der Waals surface area (Å²) in [4.78, 5) is 0. The van der Waals surface area contributed by atoms with Crippen molar-refractivity contribution in [1.82, 2.24) is 9.78 Å². The predicted octanol–water partition coefficient (Wildman–Crippen LogP) is 2.78. The molecule has 0 amide bonds. The molecule has 0 saturated carbocycles. The summed E-state index contributed by atoms with van der Waals surface area (Å²) in [5.74, 6) is 0. The van der Waals surface area contributed by atoms with Gasteiger partial charge in [0.05, 0.1) is 11.3 Å². The molecule has 6 heteroatoms. The van der Waals surface area contributed by atoms with E-state index in [1.807, 2.05) is 6.07 Å². The second-order valence-corrected chi connectivity index (χ2v) is 4.17. The zero-order chi connectivity index (χ0) is 13.9. The Morgan fingerprint density at radius 2 is 1.79 bits per heavy atom. The average Bonchev–Trinajstić information content (AvgIpc) is 2.83. The molecule has 0 saturated heterocycles. The Labute approximate surface area is 108 Å². The zero-order valence-corrected chi connectivity index (χ0v) is 10.2. The molecule has 2 N–H and O–H groups in total. The molecule has 2 aromatic rings. The van der Waals surface area contributed by atoms with E-state index in [0.29, 0.717) is 12.2 Å². The van der Waals surface area contributed by atoms with Gasteiger partial charge in [0.1, 0.15) is 0 Å². The molecule has 0 aliphatic rings. The maximum Gasteiger partial charge on any atom is 0.416 e. The Bertz CT molecular complexity index is 529. The van der Waals surface area contributed by atoms with Crippen molar-refractivity contribution in [2.75, 3.05) is 6.54 Å². The summed E-state index contributed by atoms with van der Waals surface area (Å²) in [5.41, 5.74) is 6.34. The fraction of sp³-hybridized carbons (Fsp3) is 0.308. The van der Waals surface area contributed by atoms with E-state index in [1.54, 1.807) is 10.9 Å². The van der Waals surface area contributed by atoms with E-state index in [1.165, 1.54) is 12.1 Å². The quantitative estimate of drug-likeness (QED) is 0.927. The molecule has 19 heavy (non-hydrogen) atoms. The van der Waals surface area contributed by atoms with Gasteiger partial charge in [-0.05, 0) is 49.7 Å². The molecule has 1 aromatic carbocycles. The van der Waals surface area contributed by atoms with Crippen LogP contribution < -0.4 is 5.73 Å². The summed E-state index contributed by atoms with van der Waals surface area (Å²) in [5, 5.41) is 4.13. The lowest BCUT2D eigenvalue weighted by atomic mass is 10.2. The lowest BCUT2D eigenvalue weighted by Crippen LogP contribution is -2.08. The second-order valence-electron chi connectivity index (χ2n) is 4.17. The topological polar surface area (TPSA) is 43.8 Å². The summed E-state index contributed by atoms with van der Waals surface area (Å²) >= 11 is 0. The van der Waals surface area contributed by atoms with Crippen LogP contribution >= 0.6 is 0 Å². The van der Waals surface area contributed by atoms with E-state index in [0.717, 1.165) is 30.7 Å². The van der Waals surface area contributed by atoms with E-state index < -0.39 is 11.7 Å². The van der Waals surface area contributed by atoms with Gasteiger partial charge < -0.3 is 5.73 Å². The van der Waals surface area contributed by atoms with Crippen molar-refractivity contribution in [3.63, 3.8) is 0 Å². The van der Waals surface area contributed by atoms with Crippen LogP contribution in [0.15, 0.2) is 36.5 Å². The Morgan fingerprint density at radius 3 is 2.37 bits per heavy atom. The third-order valence-electron chi connectivity index (χ3n) is 2.80. The van der Waals surface area contributed by atoms with Gasteiger partial charge in [0.25, 0.3) is 0 Å². The Hall–Kier alpha value is -1.82. The molecule has 0 aliphatic heterocycles. The first-order valence-corrected chi connectivity index (χ1v) is 5.93. The largest absolute Gasteiger partial charge is 0.416 e. The third kappa shape index (κ3) is 3.14. The molecule has 0 fully saturated rings. The van der Waals surface area contributed by atoms with Gasteiger partial charge >= 0.3 is 6.18 Å². The number of nitrogens with two attached hydrogens (primary N) is 1. The molecule has 0 atom stereocenters. The molecule has 0 aliphatic carbocycles. The van der Waals surface area contributed by atoms with Crippen LogP contribution in [-0.2, 0) is 12.6 Å². The highest BCUT2D eigenvalue weighted by molar-refractivity contribution is 5.36. The molecule has 1 aromatic heterocycles. The van der Waals surface area contributed by atoms with E-state index in [9.17, 15) is 13.2 Å². The predicted molar refractivity (Wildman–Crippen MR) is 65.9 cm³/mol. The normalized spacial score (nSPS) is 11.8. The van der Waals surface area contributed by atoms with E-state index in [-0.39, 0.29) is 0 Å². The first kappa shape index (κ1) is 13.6. The lowest BCUT2D eigenvalue weighted by molar-refractivity contribution is -0.137. The molecule has 0 radical (unpaired) electrons. The Balaban J connectivity index is 2.25. The summed E-state index contributed by atoms with van der Waals surface area (Å²) in [7, 11) is 0. The molecule has 0 unspecified atom stereocenters. The standard InChI is InChI=1S/C13H14F3N3/c14-13(15,16)10-3-5-12(6-4-10)19-11(2-1-8-17)7-9-18-19/h3-7,9H,1-2,8,17H2. The summed E-state index contributed by atoms with van der Waals surface area (Å²) in [6.07, 6.45) is -1.13. The van der Waals surface area contributed by atoms with Gasteiger partial charge in [-0.3, -0.25) is 0 Å². The van der Waals surface area contributed by atoms with Crippen molar-refractivity contribution in [3.8, 4) is 5.69 Å². The van der Waals surface area contributed by atoms with Gasteiger partial charge in [0.15, 0.2) is 0 Å². The van der Waals surface area contributed by atoms with Crippen LogP contribution in [0.5, 0.6) is 0 Å². The fourth-order valence-corrected chi connectivity index (χ4v) is 1.83. The van der Waals surface area contributed by atoms with Crippen LogP contribution in [0.3, 0.4) is 0 Å². The number of hydrogen-bond acceptors (Lipinski definition) is 2. The smallest absolute Gasteiger partial charge is 0.330 e. The minimum Gasteiger partial charge on any atom is -0.330 e. The molecule has 3 nitrogen and oxygen atoms in total. The first-order chi connectivity index (χ1) is 9.02. The number of halogens is 3. The minimum atomic E-state index is -4.31. The van der Waals surface area contributed by atoms with E-state index in [4.69, 9.17) is 5.73 Å². The Morgan fingerprint density at radius 1 is 1.11 bits per heavy atom. The van der Waals surface area contributed by atoms with Crippen molar-refractivity contribution < 1.29 is 13.2 Å². The van der Waals surface area contributed by atoms with Crippen molar-refractivity contribution in [2.45, 2.75) is 19.0 Å². The van der Waals surface area contributed by atoms with Gasteiger partial charge in [-0.15, -0.1) is 0 Å². The average molecular weight is 269 g/mol. The number of aryl methyl sites for hydroxylation is 1. The van der Waals surface area contributed by atoms with Gasteiger partial charge in [-0.2, -0.15) is 18.3 Å². The minimum absolute atomic E-state index is 0.568. The number of hydrogen-bond donors (Lipinski definition) is 1. The van der Waals surface area contributed by atoms with Crippen molar-refractivity contribution in [3.05, 3.63) is 47.8 Å². The van der Waals surface area contributed by atoms with Gasteiger partial charge in [-0.1, -0.05) is 0 Å². The number of alkyl halides is 3. The van der Waals surface area contributed by atoms with Crippen LogP contribution in [-0.4, -0.2) is 16.3 Å². The third-order valence-corrected chi connectivity index (χ3v) is 2.80. The van der Waals surface area contributed by atoms with Crippen molar-refractivity contribution >= 4 is 0 Å². The molecular weight excluding hydrogens is 255 g/mol. The lowest BCUT2D eigenvalue weighted by Gasteiger charge is -2.10. The number of benzene rings is 1. The highest BCUT2D eigenvalue weighted by atomic mass is 19.4. The van der Waals surface area contributed by atoms with E-state index >= 15 is 0 Å². The highest BCUT2D eigenvalue weighted by Gasteiger charge is 2.30. The highest BCUT2D eigenvalue weighted by Crippen LogP contribution is 2.29. The summed E-state index contributed by atoms with van der Waals surface area (Å²) in [6, 6.07) is 6.80. The van der Waals surface area contributed by atoms with E-state index in [2.05, 4.69) is 5.10 Å². The maximum absolute atomic E-state index is 12.5. The van der Waals surface area contributed by atoms with Gasteiger partial charge in [0, 0.05) is 11.9 Å². The van der Waals surface area contributed by atoms with Crippen LogP contribution in [0.25, 0.3) is 5.69 Å². The fourth-order valence-electron chi connectivity index (χ4n) is 1.83. The molecule has 1 heterocycles. The summed E-state index contributed by atoms with van der Waals surface area (Å²) in [6.45, 7) is 0.568. The monoisotopic (exact) mass is 269 g/mol. The SMILES string of the molecule is NCCCc1ccnn1-c1ccc(C(F)(F)F)cc1. The van der Waals surface area contributed by atoms with Crippen LogP contribution in [0.4, 0.5) is 13.2 Å². The van der Waals surface area contributed by atoms with Crippen LogP contribution in [0.2, 0.25) is 0 Å². The van der Waals surface area contributed by atoms with Gasteiger partial charge in [-0.25, -0.2) is 4.68 Å². The van der Waals surface area contributed by atoms with Crippen LogP contribution in [0.1, 0.15) is 17.7 Å². The number of rotatable bonds is 4. The second kappa shape index (κ2) is 5.44. The summed E-state index contributed by atoms with van der Waals surface area (Å²) < 4.78 is 39.0. The molecular formula is C13H14F3N3.